The second-order valence-corrected chi connectivity index (χ2v) is 8.32. The van der Waals surface area contributed by atoms with Crippen molar-refractivity contribution in [3.05, 3.63) is 57.9 Å². The van der Waals surface area contributed by atoms with E-state index in [9.17, 15) is 9.59 Å². The van der Waals surface area contributed by atoms with Gasteiger partial charge in [0.2, 0.25) is 0 Å². The minimum Gasteiger partial charge on any atom is -0.452 e. The number of carbonyl (C=O) groups excluding carboxylic acids is 2. The van der Waals surface area contributed by atoms with Gasteiger partial charge in [0.15, 0.2) is 6.61 Å². The minimum atomic E-state index is -0.574. The molecule has 0 saturated carbocycles. The Kier molecular flexibility index (Phi) is 7.32. The van der Waals surface area contributed by atoms with E-state index in [0.29, 0.717) is 23.2 Å². The number of nitrogens with zero attached hydrogens (tertiary/aromatic N) is 3. The van der Waals surface area contributed by atoms with Crippen molar-refractivity contribution in [3.8, 4) is 0 Å². The summed E-state index contributed by atoms with van der Waals surface area (Å²) in [6, 6.07) is 8.16. The summed E-state index contributed by atoms with van der Waals surface area (Å²) in [4.78, 5) is 26.1. The number of piperidine rings is 1. The van der Waals surface area contributed by atoms with Crippen molar-refractivity contribution in [2.45, 2.75) is 40.2 Å². The maximum absolute atomic E-state index is 12.2. The molecular weight excluding hydrogens is 402 g/mol. The number of hydrogen-bond acceptors (Lipinski definition) is 4. The summed E-state index contributed by atoms with van der Waals surface area (Å²) in [6.07, 6.45) is 5.00. The van der Waals surface area contributed by atoms with E-state index in [1.165, 1.54) is 11.6 Å². The van der Waals surface area contributed by atoms with Crippen LogP contribution < -0.4 is 0 Å². The second-order valence-electron chi connectivity index (χ2n) is 7.96. The Balaban J connectivity index is 1.57. The van der Waals surface area contributed by atoms with Gasteiger partial charge in [-0.2, -0.15) is 5.10 Å². The lowest BCUT2D eigenvalue weighted by Crippen LogP contribution is -2.41. The standard InChI is InChI=1S/C23H28ClN3O3/c1-16-6-8-19(9-7-16)14-27-23(24)20(18(3)25-27)10-11-22(29)30-15-21(28)26-12-4-5-17(2)13-26/h6-11,17H,4-5,12-15H2,1-3H3/b11-10+. The summed E-state index contributed by atoms with van der Waals surface area (Å²) >= 11 is 6.47. The van der Waals surface area contributed by atoms with E-state index in [2.05, 4.69) is 12.0 Å². The van der Waals surface area contributed by atoms with Gasteiger partial charge in [0, 0.05) is 24.7 Å². The highest BCUT2D eigenvalue weighted by molar-refractivity contribution is 6.31. The summed E-state index contributed by atoms with van der Waals surface area (Å²) in [5, 5.41) is 4.92. The molecule has 6 nitrogen and oxygen atoms in total. The molecule has 0 N–H and O–H groups in total. The molecule has 160 valence electrons. The third kappa shape index (κ3) is 5.72. The maximum Gasteiger partial charge on any atom is 0.331 e. The van der Waals surface area contributed by atoms with Crippen LogP contribution in [-0.2, 0) is 20.9 Å². The molecule has 2 heterocycles. The summed E-state index contributed by atoms with van der Waals surface area (Å²) in [5.41, 5.74) is 3.66. The van der Waals surface area contributed by atoms with Gasteiger partial charge in [-0.05, 0) is 44.2 Å². The maximum atomic E-state index is 12.2. The van der Waals surface area contributed by atoms with Crippen LogP contribution in [0.3, 0.4) is 0 Å². The zero-order valence-electron chi connectivity index (χ0n) is 17.7. The molecule has 1 fully saturated rings. The molecule has 2 aromatic rings. The third-order valence-corrected chi connectivity index (χ3v) is 5.69. The van der Waals surface area contributed by atoms with E-state index in [1.54, 1.807) is 15.7 Å². The first-order valence-electron chi connectivity index (χ1n) is 10.2. The average Bonchev–Trinajstić information content (AvgIpc) is 2.99. The highest BCUT2D eigenvalue weighted by Crippen LogP contribution is 2.22. The third-order valence-electron chi connectivity index (χ3n) is 5.30. The lowest BCUT2D eigenvalue weighted by atomic mass is 10.0. The molecule has 0 aliphatic carbocycles. The molecule has 1 aliphatic rings. The van der Waals surface area contributed by atoms with Crippen molar-refractivity contribution in [1.29, 1.82) is 0 Å². The van der Waals surface area contributed by atoms with Crippen LogP contribution in [0.1, 0.15) is 42.1 Å². The lowest BCUT2D eigenvalue weighted by molar-refractivity contribution is -0.149. The van der Waals surface area contributed by atoms with Gasteiger partial charge in [-0.15, -0.1) is 0 Å². The highest BCUT2D eigenvalue weighted by Gasteiger charge is 2.21. The molecule has 7 heteroatoms. The normalized spacial score (nSPS) is 16.8. The van der Waals surface area contributed by atoms with E-state index in [1.807, 2.05) is 38.1 Å². The summed E-state index contributed by atoms with van der Waals surface area (Å²) in [6.45, 7) is 7.75. The van der Waals surface area contributed by atoms with Gasteiger partial charge in [-0.3, -0.25) is 4.79 Å². The Hall–Kier alpha value is -2.60. The Bertz CT molecular complexity index is 934. The number of likely N-dealkylation sites (tertiary alicyclic amines) is 1. The van der Waals surface area contributed by atoms with Crippen molar-refractivity contribution in [2.75, 3.05) is 19.7 Å². The SMILES string of the molecule is Cc1ccc(Cn2nc(C)c(/C=C/C(=O)OCC(=O)N3CCCC(C)C3)c2Cl)cc1. The first-order valence-corrected chi connectivity index (χ1v) is 10.6. The molecule has 1 unspecified atom stereocenters. The number of amides is 1. The van der Waals surface area contributed by atoms with Crippen LogP contribution in [-0.4, -0.2) is 46.3 Å². The van der Waals surface area contributed by atoms with Crippen LogP contribution in [0.25, 0.3) is 6.08 Å². The zero-order chi connectivity index (χ0) is 21.7. The number of rotatable bonds is 6. The molecule has 1 amide bonds. The highest BCUT2D eigenvalue weighted by atomic mass is 35.5. The van der Waals surface area contributed by atoms with Crippen LogP contribution >= 0.6 is 11.6 Å². The fourth-order valence-corrected chi connectivity index (χ4v) is 3.86. The van der Waals surface area contributed by atoms with E-state index >= 15 is 0 Å². The Morgan fingerprint density at radius 2 is 2.00 bits per heavy atom. The predicted molar refractivity (Wildman–Crippen MR) is 117 cm³/mol. The van der Waals surface area contributed by atoms with Gasteiger partial charge < -0.3 is 9.64 Å². The van der Waals surface area contributed by atoms with Gasteiger partial charge >= 0.3 is 5.97 Å². The first kappa shape index (κ1) is 22.1. The largest absolute Gasteiger partial charge is 0.452 e. The van der Waals surface area contributed by atoms with Crippen molar-refractivity contribution in [3.63, 3.8) is 0 Å². The molecular formula is C23H28ClN3O3. The topological polar surface area (TPSA) is 64.4 Å². The molecule has 30 heavy (non-hydrogen) atoms. The summed E-state index contributed by atoms with van der Waals surface area (Å²) < 4.78 is 6.82. The van der Waals surface area contributed by atoms with Crippen molar-refractivity contribution >= 4 is 29.6 Å². The number of carbonyl (C=O) groups is 2. The fraction of sp³-hybridized carbons (Fsp3) is 0.435. The molecule has 1 saturated heterocycles. The van der Waals surface area contributed by atoms with Crippen LogP contribution in [0.5, 0.6) is 0 Å². The van der Waals surface area contributed by atoms with Crippen molar-refractivity contribution in [2.24, 2.45) is 5.92 Å². The summed E-state index contributed by atoms with van der Waals surface area (Å²) in [7, 11) is 0. The number of esters is 1. The van der Waals surface area contributed by atoms with Crippen LogP contribution in [0.2, 0.25) is 5.15 Å². The van der Waals surface area contributed by atoms with Crippen LogP contribution in [0.4, 0.5) is 0 Å². The Morgan fingerprint density at radius 1 is 1.27 bits per heavy atom. The van der Waals surface area contributed by atoms with Gasteiger partial charge in [0.05, 0.1) is 12.2 Å². The minimum absolute atomic E-state index is 0.150. The number of ether oxygens (including phenoxy) is 1. The average molecular weight is 430 g/mol. The second kappa shape index (κ2) is 9.94. The lowest BCUT2D eigenvalue weighted by Gasteiger charge is -2.30. The molecule has 3 rings (SSSR count). The zero-order valence-corrected chi connectivity index (χ0v) is 18.5. The molecule has 1 atom stereocenters. The van der Waals surface area contributed by atoms with Gasteiger partial charge in [0.1, 0.15) is 5.15 Å². The monoisotopic (exact) mass is 429 g/mol. The fourth-order valence-electron chi connectivity index (χ4n) is 3.57. The van der Waals surface area contributed by atoms with Gasteiger partial charge in [-0.1, -0.05) is 48.4 Å². The van der Waals surface area contributed by atoms with E-state index in [-0.39, 0.29) is 12.5 Å². The number of hydrogen-bond donors (Lipinski definition) is 0. The van der Waals surface area contributed by atoms with Crippen molar-refractivity contribution in [1.82, 2.24) is 14.7 Å². The smallest absolute Gasteiger partial charge is 0.331 e. The van der Waals surface area contributed by atoms with Crippen LogP contribution in [0.15, 0.2) is 30.3 Å². The molecule has 1 aromatic carbocycles. The number of aromatic nitrogens is 2. The van der Waals surface area contributed by atoms with Crippen LogP contribution in [0, 0.1) is 19.8 Å². The van der Waals surface area contributed by atoms with Crippen molar-refractivity contribution < 1.29 is 14.3 Å². The van der Waals surface area contributed by atoms with E-state index in [4.69, 9.17) is 16.3 Å². The molecule has 0 radical (unpaired) electrons. The number of aryl methyl sites for hydroxylation is 2. The molecule has 1 aromatic heterocycles. The predicted octanol–water partition coefficient (Wildman–Crippen LogP) is 4.02. The van der Waals surface area contributed by atoms with E-state index < -0.39 is 5.97 Å². The Morgan fingerprint density at radius 3 is 2.70 bits per heavy atom. The number of benzene rings is 1. The number of halogens is 1. The first-order chi connectivity index (χ1) is 14.3. The Labute approximate surface area is 182 Å². The van der Waals surface area contributed by atoms with Gasteiger partial charge in [0.25, 0.3) is 5.91 Å². The molecule has 0 spiro atoms. The quantitative estimate of drug-likeness (QED) is 0.514. The molecule has 1 aliphatic heterocycles. The summed E-state index contributed by atoms with van der Waals surface area (Å²) in [5.74, 6) is -0.238. The van der Waals surface area contributed by atoms with E-state index in [0.717, 1.165) is 37.2 Å². The molecule has 0 bridgehead atoms. The van der Waals surface area contributed by atoms with Gasteiger partial charge in [-0.25, -0.2) is 9.48 Å².